The third kappa shape index (κ3) is 3.95. The fraction of sp³-hybridized carbons (Fsp3) is 0.0417. The summed E-state index contributed by atoms with van der Waals surface area (Å²) in [7, 11) is 0. The van der Waals surface area contributed by atoms with Crippen LogP contribution in [0, 0.1) is 0 Å². The number of nitrogens with zero attached hydrogens (tertiary/aromatic N) is 2. The minimum Gasteiger partial charge on any atom is -0.507 e. The summed E-state index contributed by atoms with van der Waals surface area (Å²) in [6.07, 6.45) is 0. The molecule has 0 fully saturated rings. The van der Waals surface area contributed by atoms with Crippen LogP contribution in [0.25, 0.3) is 33.0 Å². The third-order valence-electron chi connectivity index (χ3n) is 4.89. The summed E-state index contributed by atoms with van der Waals surface area (Å²) in [6, 6.07) is 24.8. The molecule has 1 heterocycles. The lowest BCUT2D eigenvalue weighted by molar-refractivity contribution is -0.113. The number of benzene rings is 4. The molecule has 0 aliphatic carbocycles. The van der Waals surface area contributed by atoms with Crippen LogP contribution in [0.5, 0.6) is 5.75 Å². The molecule has 7 heteroatoms. The Labute approximate surface area is 181 Å². The lowest BCUT2D eigenvalue weighted by atomic mass is 10.1. The van der Waals surface area contributed by atoms with Gasteiger partial charge in [0.15, 0.2) is 0 Å². The molecule has 6 nitrogen and oxygen atoms in total. The molecule has 1 amide bonds. The Morgan fingerprint density at radius 1 is 0.903 bits per heavy atom. The van der Waals surface area contributed by atoms with Crippen LogP contribution in [-0.2, 0) is 4.79 Å². The molecule has 0 saturated carbocycles. The number of nitrogens with one attached hydrogen (secondary N) is 1. The SMILES string of the molecule is O=C(CSc1nnc(-c2cc3ccccc3cc2O)o1)Nc1cccc2ccccc12. The van der Waals surface area contributed by atoms with Gasteiger partial charge < -0.3 is 14.8 Å². The van der Waals surface area contributed by atoms with E-state index in [1.165, 1.54) is 0 Å². The van der Waals surface area contributed by atoms with E-state index in [2.05, 4.69) is 15.5 Å². The molecule has 1 aromatic heterocycles. The second kappa shape index (κ2) is 8.12. The van der Waals surface area contributed by atoms with Gasteiger partial charge in [-0.3, -0.25) is 4.79 Å². The van der Waals surface area contributed by atoms with Crippen molar-refractivity contribution in [1.29, 1.82) is 0 Å². The van der Waals surface area contributed by atoms with Crippen molar-refractivity contribution < 1.29 is 14.3 Å². The minimum atomic E-state index is -0.172. The molecule has 0 radical (unpaired) electrons. The van der Waals surface area contributed by atoms with Gasteiger partial charge in [-0.2, -0.15) is 0 Å². The van der Waals surface area contributed by atoms with Crippen LogP contribution in [-0.4, -0.2) is 27.0 Å². The summed E-state index contributed by atoms with van der Waals surface area (Å²) < 4.78 is 5.67. The number of aromatic hydroxyl groups is 1. The Morgan fingerprint density at radius 2 is 1.61 bits per heavy atom. The topological polar surface area (TPSA) is 88.2 Å². The average Bonchev–Trinajstić information content (AvgIpc) is 3.26. The van der Waals surface area contributed by atoms with Crippen molar-refractivity contribution in [3.05, 3.63) is 78.9 Å². The van der Waals surface area contributed by atoms with Crippen LogP contribution in [0.4, 0.5) is 5.69 Å². The summed E-state index contributed by atoms with van der Waals surface area (Å²) in [6.45, 7) is 0. The number of phenols is 1. The van der Waals surface area contributed by atoms with Gasteiger partial charge in [0.25, 0.3) is 11.1 Å². The zero-order valence-corrected chi connectivity index (χ0v) is 17.1. The van der Waals surface area contributed by atoms with E-state index in [0.29, 0.717) is 5.56 Å². The van der Waals surface area contributed by atoms with Crippen LogP contribution >= 0.6 is 11.8 Å². The molecule has 152 valence electrons. The number of aromatic nitrogens is 2. The van der Waals surface area contributed by atoms with Crippen LogP contribution in [0.2, 0.25) is 0 Å². The van der Waals surface area contributed by atoms with Gasteiger partial charge in [0.2, 0.25) is 5.91 Å². The molecule has 0 bridgehead atoms. The van der Waals surface area contributed by atoms with Gasteiger partial charge in [0.1, 0.15) is 5.75 Å². The maximum absolute atomic E-state index is 12.4. The molecule has 0 saturated heterocycles. The Morgan fingerprint density at radius 3 is 2.45 bits per heavy atom. The maximum Gasteiger partial charge on any atom is 0.277 e. The average molecular weight is 427 g/mol. The van der Waals surface area contributed by atoms with Gasteiger partial charge in [-0.25, -0.2) is 0 Å². The molecule has 5 aromatic rings. The Bertz CT molecular complexity index is 1410. The molecule has 0 spiro atoms. The highest BCUT2D eigenvalue weighted by molar-refractivity contribution is 7.99. The Kier molecular flexibility index (Phi) is 5.01. The molecule has 31 heavy (non-hydrogen) atoms. The van der Waals surface area contributed by atoms with E-state index in [-0.39, 0.29) is 28.5 Å². The standard InChI is InChI=1S/C24H17N3O3S/c28-21-13-17-8-2-1-7-16(17)12-19(21)23-26-27-24(30-23)31-14-22(29)25-20-11-5-9-15-6-3-4-10-18(15)20/h1-13,28H,14H2,(H,25,29). The van der Waals surface area contributed by atoms with Crippen molar-refractivity contribution in [2.75, 3.05) is 11.1 Å². The molecule has 0 aliphatic rings. The molecule has 2 N–H and O–H groups in total. The number of anilines is 1. The van der Waals surface area contributed by atoms with Crippen LogP contribution in [0.3, 0.4) is 0 Å². The van der Waals surface area contributed by atoms with E-state index in [0.717, 1.165) is 39.0 Å². The van der Waals surface area contributed by atoms with Gasteiger partial charge in [0.05, 0.1) is 11.3 Å². The van der Waals surface area contributed by atoms with E-state index < -0.39 is 0 Å². The zero-order chi connectivity index (χ0) is 21.2. The molecular weight excluding hydrogens is 410 g/mol. The first-order valence-corrected chi connectivity index (χ1v) is 10.6. The van der Waals surface area contributed by atoms with Crippen molar-refractivity contribution in [2.45, 2.75) is 5.22 Å². The Hall–Kier alpha value is -3.84. The number of hydrogen-bond donors (Lipinski definition) is 2. The van der Waals surface area contributed by atoms with E-state index in [1.54, 1.807) is 12.1 Å². The van der Waals surface area contributed by atoms with Crippen molar-refractivity contribution in [1.82, 2.24) is 10.2 Å². The molecule has 4 aromatic carbocycles. The number of amides is 1. The smallest absolute Gasteiger partial charge is 0.277 e. The van der Waals surface area contributed by atoms with Gasteiger partial charge in [0, 0.05) is 11.1 Å². The summed E-state index contributed by atoms with van der Waals surface area (Å²) in [5, 5.41) is 25.5. The van der Waals surface area contributed by atoms with E-state index in [4.69, 9.17) is 4.42 Å². The molecule has 0 atom stereocenters. The van der Waals surface area contributed by atoms with E-state index in [1.807, 2.05) is 66.7 Å². The quantitative estimate of drug-likeness (QED) is 0.361. The minimum absolute atomic E-state index is 0.0626. The largest absolute Gasteiger partial charge is 0.507 e. The highest BCUT2D eigenvalue weighted by atomic mass is 32.2. The summed E-state index contributed by atoms with van der Waals surface area (Å²) in [5.41, 5.74) is 1.22. The lowest BCUT2D eigenvalue weighted by Crippen LogP contribution is -2.14. The second-order valence-electron chi connectivity index (χ2n) is 6.95. The monoisotopic (exact) mass is 427 g/mol. The number of carbonyl (C=O) groups is 1. The first-order valence-electron chi connectivity index (χ1n) is 9.63. The van der Waals surface area contributed by atoms with Gasteiger partial charge >= 0.3 is 0 Å². The van der Waals surface area contributed by atoms with Gasteiger partial charge in [-0.1, -0.05) is 72.4 Å². The van der Waals surface area contributed by atoms with Gasteiger partial charge in [-0.05, 0) is 34.4 Å². The molecule has 5 rings (SSSR count). The number of carbonyl (C=O) groups excluding carboxylic acids is 1. The summed E-state index contributed by atoms with van der Waals surface area (Å²) in [5.74, 6) is 0.219. The highest BCUT2D eigenvalue weighted by Crippen LogP contribution is 2.34. The van der Waals surface area contributed by atoms with Crippen LogP contribution in [0.1, 0.15) is 0 Å². The van der Waals surface area contributed by atoms with Crippen LogP contribution < -0.4 is 5.32 Å². The van der Waals surface area contributed by atoms with Crippen molar-refractivity contribution in [3.8, 4) is 17.2 Å². The van der Waals surface area contributed by atoms with Crippen molar-refractivity contribution >= 4 is 44.9 Å². The number of rotatable bonds is 5. The number of thioether (sulfide) groups is 1. The highest BCUT2D eigenvalue weighted by Gasteiger charge is 2.15. The van der Waals surface area contributed by atoms with Crippen molar-refractivity contribution in [2.24, 2.45) is 0 Å². The fourth-order valence-corrected chi connectivity index (χ4v) is 3.99. The molecule has 0 unspecified atom stereocenters. The zero-order valence-electron chi connectivity index (χ0n) is 16.3. The number of fused-ring (bicyclic) bond motifs is 2. The first-order chi connectivity index (χ1) is 15.2. The van der Waals surface area contributed by atoms with Crippen molar-refractivity contribution in [3.63, 3.8) is 0 Å². The molecule has 0 aliphatic heterocycles. The lowest BCUT2D eigenvalue weighted by Gasteiger charge is -2.07. The second-order valence-corrected chi connectivity index (χ2v) is 7.88. The summed E-state index contributed by atoms with van der Waals surface area (Å²) >= 11 is 1.14. The predicted molar refractivity (Wildman–Crippen MR) is 122 cm³/mol. The van der Waals surface area contributed by atoms with E-state index >= 15 is 0 Å². The van der Waals surface area contributed by atoms with E-state index in [9.17, 15) is 9.90 Å². The number of hydrogen-bond acceptors (Lipinski definition) is 6. The Balaban J connectivity index is 1.29. The normalized spacial score (nSPS) is 11.1. The summed E-state index contributed by atoms with van der Waals surface area (Å²) in [4.78, 5) is 12.4. The first kappa shape index (κ1) is 19.1. The molecular formula is C24H17N3O3S. The predicted octanol–water partition coefficient (Wildman–Crippen LogP) is 5.48. The number of phenolic OH excluding ortho intramolecular Hbond substituents is 1. The third-order valence-corrected chi connectivity index (χ3v) is 5.71. The fourth-order valence-electron chi connectivity index (χ4n) is 3.42. The van der Waals surface area contributed by atoms with Crippen LogP contribution in [0.15, 0.2) is 88.5 Å². The van der Waals surface area contributed by atoms with Gasteiger partial charge in [-0.15, -0.1) is 10.2 Å². The maximum atomic E-state index is 12.4.